The standard InChI is InChI=1S/C24H21ClFNO2/c25-23-5-2-1-4-18(23)15-27-12-3-13-28-21-9-6-17(7-10-21)24-22-11-8-20(26)14-19(22)16-29-24/h1-2,4-11,14,16,27H,3,12-13,15H2. The lowest BCUT2D eigenvalue weighted by Gasteiger charge is -2.09. The van der Waals surface area contributed by atoms with Crippen LogP contribution in [0.1, 0.15) is 12.0 Å². The van der Waals surface area contributed by atoms with Crippen molar-refractivity contribution in [3.63, 3.8) is 0 Å². The lowest BCUT2D eigenvalue weighted by Crippen LogP contribution is -2.17. The molecule has 0 fully saturated rings. The third kappa shape index (κ3) is 4.78. The van der Waals surface area contributed by atoms with Gasteiger partial charge < -0.3 is 14.5 Å². The number of hydrogen-bond donors (Lipinski definition) is 1. The SMILES string of the molecule is Fc1ccc2c(-c3ccc(OCCCNCc4ccccc4Cl)cc3)occ2c1. The second kappa shape index (κ2) is 9.12. The average molecular weight is 410 g/mol. The lowest BCUT2D eigenvalue weighted by molar-refractivity contribution is 0.308. The smallest absolute Gasteiger partial charge is 0.141 e. The Kier molecular flexibility index (Phi) is 6.13. The van der Waals surface area contributed by atoms with E-state index in [9.17, 15) is 4.39 Å². The van der Waals surface area contributed by atoms with Crippen LogP contribution in [0.25, 0.3) is 22.1 Å². The highest BCUT2D eigenvalue weighted by molar-refractivity contribution is 6.31. The van der Waals surface area contributed by atoms with Crippen LogP contribution < -0.4 is 10.1 Å². The molecule has 4 rings (SSSR count). The van der Waals surface area contributed by atoms with Gasteiger partial charge in [0.15, 0.2) is 0 Å². The van der Waals surface area contributed by atoms with Gasteiger partial charge in [-0.15, -0.1) is 0 Å². The molecule has 4 aromatic rings. The van der Waals surface area contributed by atoms with Gasteiger partial charge in [-0.1, -0.05) is 29.8 Å². The van der Waals surface area contributed by atoms with Crippen LogP contribution in [0.2, 0.25) is 5.02 Å². The fraction of sp³-hybridized carbons (Fsp3) is 0.167. The van der Waals surface area contributed by atoms with Crippen molar-refractivity contribution in [2.24, 2.45) is 0 Å². The summed E-state index contributed by atoms with van der Waals surface area (Å²) in [6.07, 6.45) is 2.47. The first-order valence-electron chi connectivity index (χ1n) is 9.55. The summed E-state index contributed by atoms with van der Waals surface area (Å²) in [6, 6.07) is 20.2. The molecule has 0 aliphatic rings. The molecule has 0 amide bonds. The Morgan fingerprint density at radius 3 is 2.66 bits per heavy atom. The lowest BCUT2D eigenvalue weighted by atomic mass is 10.1. The summed E-state index contributed by atoms with van der Waals surface area (Å²) in [5.74, 6) is 1.27. The molecule has 5 heteroatoms. The van der Waals surface area contributed by atoms with Crippen LogP contribution in [0.3, 0.4) is 0 Å². The third-order valence-electron chi connectivity index (χ3n) is 4.72. The Labute approximate surface area is 174 Å². The molecule has 1 aromatic heterocycles. The number of rotatable bonds is 8. The fourth-order valence-electron chi connectivity index (χ4n) is 3.20. The topological polar surface area (TPSA) is 34.4 Å². The fourth-order valence-corrected chi connectivity index (χ4v) is 3.40. The molecule has 3 aromatic carbocycles. The van der Waals surface area contributed by atoms with E-state index in [-0.39, 0.29) is 5.82 Å². The largest absolute Gasteiger partial charge is 0.494 e. The van der Waals surface area contributed by atoms with Crippen molar-refractivity contribution in [2.45, 2.75) is 13.0 Å². The van der Waals surface area contributed by atoms with Crippen molar-refractivity contribution in [1.29, 1.82) is 0 Å². The van der Waals surface area contributed by atoms with Crippen LogP contribution in [-0.2, 0) is 6.54 Å². The zero-order valence-corrected chi connectivity index (χ0v) is 16.6. The van der Waals surface area contributed by atoms with Gasteiger partial charge in [0, 0.05) is 27.9 Å². The van der Waals surface area contributed by atoms with Gasteiger partial charge in [-0.25, -0.2) is 4.39 Å². The molecule has 0 bridgehead atoms. The van der Waals surface area contributed by atoms with Crippen LogP contribution in [-0.4, -0.2) is 13.2 Å². The van der Waals surface area contributed by atoms with Crippen LogP contribution in [0, 0.1) is 5.82 Å². The van der Waals surface area contributed by atoms with E-state index in [0.717, 1.165) is 57.9 Å². The molecule has 1 N–H and O–H groups in total. The summed E-state index contributed by atoms with van der Waals surface area (Å²) in [5, 5.41) is 5.80. The van der Waals surface area contributed by atoms with Gasteiger partial charge in [0.25, 0.3) is 0 Å². The molecule has 0 saturated carbocycles. The first-order valence-corrected chi connectivity index (χ1v) is 9.92. The summed E-state index contributed by atoms with van der Waals surface area (Å²) in [4.78, 5) is 0. The first-order chi connectivity index (χ1) is 14.2. The highest BCUT2D eigenvalue weighted by Crippen LogP contribution is 2.31. The quantitative estimate of drug-likeness (QED) is 0.339. The van der Waals surface area contributed by atoms with Crippen molar-refractivity contribution in [1.82, 2.24) is 5.32 Å². The van der Waals surface area contributed by atoms with E-state index in [2.05, 4.69) is 5.32 Å². The van der Waals surface area contributed by atoms with Crippen molar-refractivity contribution in [3.8, 4) is 17.1 Å². The van der Waals surface area contributed by atoms with Crippen LogP contribution in [0.15, 0.2) is 77.4 Å². The Hall–Kier alpha value is -2.82. The molecule has 0 aliphatic carbocycles. The monoisotopic (exact) mass is 409 g/mol. The van der Waals surface area contributed by atoms with Crippen molar-refractivity contribution in [3.05, 3.63) is 89.4 Å². The third-order valence-corrected chi connectivity index (χ3v) is 5.09. The predicted octanol–water partition coefficient (Wildman–Crippen LogP) is 6.45. The van der Waals surface area contributed by atoms with Crippen LogP contribution in [0.5, 0.6) is 5.75 Å². The van der Waals surface area contributed by atoms with E-state index >= 15 is 0 Å². The molecule has 0 atom stereocenters. The number of fused-ring (bicyclic) bond motifs is 1. The van der Waals surface area contributed by atoms with E-state index in [4.69, 9.17) is 20.8 Å². The molecule has 0 radical (unpaired) electrons. The van der Waals surface area contributed by atoms with Crippen LogP contribution in [0.4, 0.5) is 4.39 Å². The zero-order valence-electron chi connectivity index (χ0n) is 15.8. The number of furan rings is 1. The minimum Gasteiger partial charge on any atom is -0.494 e. The maximum atomic E-state index is 13.3. The van der Waals surface area contributed by atoms with Gasteiger partial charge in [-0.05, 0) is 67.1 Å². The molecule has 148 valence electrons. The van der Waals surface area contributed by atoms with Gasteiger partial charge in [0.1, 0.15) is 17.3 Å². The van der Waals surface area contributed by atoms with Gasteiger partial charge in [0.2, 0.25) is 0 Å². The summed E-state index contributed by atoms with van der Waals surface area (Å²) < 4.78 is 24.8. The molecule has 29 heavy (non-hydrogen) atoms. The second-order valence-electron chi connectivity index (χ2n) is 6.79. The van der Waals surface area contributed by atoms with Gasteiger partial charge in [-0.2, -0.15) is 0 Å². The molecule has 1 heterocycles. The van der Waals surface area contributed by atoms with E-state index in [0.29, 0.717) is 6.61 Å². The molecule has 0 aliphatic heterocycles. The second-order valence-corrected chi connectivity index (χ2v) is 7.20. The molecule has 0 spiro atoms. The maximum absolute atomic E-state index is 13.3. The first kappa shape index (κ1) is 19.5. The van der Waals surface area contributed by atoms with E-state index in [1.54, 1.807) is 12.3 Å². The number of nitrogens with one attached hydrogen (secondary N) is 1. The molecular formula is C24H21ClFNO2. The Balaban J connectivity index is 1.26. The summed E-state index contributed by atoms with van der Waals surface area (Å²) >= 11 is 6.15. The summed E-state index contributed by atoms with van der Waals surface area (Å²) in [7, 11) is 0. The summed E-state index contributed by atoms with van der Waals surface area (Å²) in [6.45, 7) is 2.21. The van der Waals surface area contributed by atoms with Crippen LogP contribution >= 0.6 is 11.6 Å². The molecule has 0 unspecified atom stereocenters. The van der Waals surface area contributed by atoms with Crippen molar-refractivity contribution >= 4 is 22.4 Å². The minimum absolute atomic E-state index is 0.269. The van der Waals surface area contributed by atoms with Gasteiger partial charge in [0.05, 0.1) is 12.9 Å². The molecule has 3 nitrogen and oxygen atoms in total. The van der Waals surface area contributed by atoms with Crippen molar-refractivity contribution < 1.29 is 13.5 Å². The van der Waals surface area contributed by atoms with E-state index in [1.165, 1.54) is 12.1 Å². The number of halogens is 2. The zero-order chi connectivity index (χ0) is 20.1. The minimum atomic E-state index is -0.269. The highest BCUT2D eigenvalue weighted by atomic mass is 35.5. The van der Waals surface area contributed by atoms with E-state index < -0.39 is 0 Å². The molecular weight excluding hydrogens is 389 g/mol. The molecule has 0 saturated heterocycles. The number of ether oxygens (including phenoxy) is 1. The highest BCUT2D eigenvalue weighted by Gasteiger charge is 2.09. The maximum Gasteiger partial charge on any atom is 0.141 e. The Bertz CT molecular complexity index is 1090. The van der Waals surface area contributed by atoms with Crippen molar-refractivity contribution in [2.75, 3.05) is 13.2 Å². The predicted molar refractivity (Wildman–Crippen MR) is 115 cm³/mol. The normalized spacial score (nSPS) is 11.1. The number of benzene rings is 3. The van der Waals surface area contributed by atoms with Gasteiger partial charge >= 0.3 is 0 Å². The number of hydrogen-bond acceptors (Lipinski definition) is 3. The average Bonchev–Trinajstić information content (AvgIpc) is 3.15. The Morgan fingerprint density at radius 1 is 1.00 bits per heavy atom. The van der Waals surface area contributed by atoms with Gasteiger partial charge in [-0.3, -0.25) is 0 Å². The van der Waals surface area contributed by atoms with E-state index in [1.807, 2.05) is 48.5 Å². The summed E-state index contributed by atoms with van der Waals surface area (Å²) in [5.41, 5.74) is 2.03. The Morgan fingerprint density at radius 2 is 1.83 bits per heavy atom.